The van der Waals surface area contributed by atoms with Gasteiger partial charge in [-0.2, -0.15) is 10.1 Å². The Morgan fingerprint density at radius 3 is 2.31 bits per heavy atom. The lowest BCUT2D eigenvalue weighted by Crippen LogP contribution is -2.25. The molecule has 0 saturated heterocycles. The molecule has 2 amide bonds. The first-order valence-electron chi connectivity index (χ1n) is 11.7. The number of rotatable bonds is 5. The maximum absolute atomic E-state index is 13.1. The van der Waals surface area contributed by atoms with Crippen LogP contribution in [0, 0.1) is 19.7 Å². The molecule has 0 aromatic heterocycles. The van der Waals surface area contributed by atoms with Crippen LogP contribution in [-0.4, -0.2) is 33.0 Å². The van der Waals surface area contributed by atoms with Crippen LogP contribution in [0.5, 0.6) is 0 Å². The molecule has 36 heavy (non-hydrogen) atoms. The second-order valence-corrected chi connectivity index (χ2v) is 10.2. The highest BCUT2D eigenvalue weighted by Crippen LogP contribution is 2.38. The molecule has 6 nitrogen and oxygen atoms in total. The van der Waals surface area contributed by atoms with Gasteiger partial charge in [-0.3, -0.25) is 9.59 Å². The molecule has 0 aliphatic carbocycles. The average molecular weight is 501 g/mol. The van der Waals surface area contributed by atoms with Crippen molar-refractivity contribution in [3.8, 4) is 0 Å². The third-order valence-corrected chi connectivity index (χ3v) is 7.32. The van der Waals surface area contributed by atoms with Gasteiger partial charge in [0.15, 0.2) is 5.17 Å². The summed E-state index contributed by atoms with van der Waals surface area (Å²) in [6, 6.07) is 21.9. The number of hydrazone groups is 1. The Kier molecular flexibility index (Phi) is 6.69. The summed E-state index contributed by atoms with van der Waals surface area (Å²) in [7, 11) is 0. The quantitative estimate of drug-likeness (QED) is 0.493. The molecular weight excluding hydrogens is 475 g/mol. The maximum atomic E-state index is 13.1. The van der Waals surface area contributed by atoms with Crippen LogP contribution in [0.1, 0.15) is 41.1 Å². The highest BCUT2D eigenvalue weighted by Gasteiger charge is 2.39. The maximum Gasteiger partial charge on any atom is 0.262 e. The first-order chi connectivity index (χ1) is 17.4. The first kappa shape index (κ1) is 23.9. The SMILES string of the molecule is Cc1ccc(C2=NN(C3=NC(=O)[C@H](CC(=O)Nc4ccc(F)cc4)S3)[C@@H](c3ccc(C)cc3)C2)cc1. The fraction of sp³-hybridized carbons (Fsp3) is 0.214. The van der Waals surface area contributed by atoms with Crippen LogP contribution >= 0.6 is 11.8 Å². The number of halogens is 1. The number of aliphatic imine (C=N–C) groups is 1. The molecule has 1 N–H and O–H groups in total. The van der Waals surface area contributed by atoms with Crippen molar-refractivity contribution in [2.45, 2.75) is 38.0 Å². The smallest absolute Gasteiger partial charge is 0.262 e. The molecule has 2 aliphatic rings. The Morgan fingerprint density at radius 2 is 1.64 bits per heavy atom. The van der Waals surface area contributed by atoms with E-state index in [9.17, 15) is 14.0 Å². The van der Waals surface area contributed by atoms with Crippen molar-refractivity contribution < 1.29 is 14.0 Å². The number of nitrogens with one attached hydrogen (secondary N) is 1. The lowest BCUT2D eigenvalue weighted by Gasteiger charge is -2.23. The number of benzene rings is 3. The van der Waals surface area contributed by atoms with Gasteiger partial charge in [0.1, 0.15) is 11.1 Å². The Bertz CT molecular complexity index is 1350. The number of aryl methyl sites for hydroxylation is 2. The molecule has 0 bridgehead atoms. The van der Waals surface area contributed by atoms with Crippen molar-refractivity contribution in [3.05, 3.63) is 101 Å². The van der Waals surface area contributed by atoms with Crippen molar-refractivity contribution in [3.63, 3.8) is 0 Å². The van der Waals surface area contributed by atoms with Crippen LogP contribution in [0.15, 0.2) is 82.9 Å². The minimum Gasteiger partial charge on any atom is -0.326 e. The number of carbonyl (C=O) groups excluding carboxylic acids is 2. The Balaban J connectivity index is 1.35. The highest BCUT2D eigenvalue weighted by atomic mass is 32.2. The van der Waals surface area contributed by atoms with Crippen LogP contribution in [0.25, 0.3) is 0 Å². The Hall–Kier alpha value is -3.78. The molecule has 0 saturated carbocycles. The van der Waals surface area contributed by atoms with Gasteiger partial charge in [0.05, 0.1) is 11.8 Å². The molecule has 3 aromatic rings. The van der Waals surface area contributed by atoms with Gasteiger partial charge in [0.2, 0.25) is 5.91 Å². The number of amides is 2. The largest absolute Gasteiger partial charge is 0.326 e. The van der Waals surface area contributed by atoms with Crippen LogP contribution in [-0.2, 0) is 9.59 Å². The van der Waals surface area contributed by atoms with Crippen LogP contribution in [0.4, 0.5) is 10.1 Å². The van der Waals surface area contributed by atoms with E-state index in [1.807, 2.05) is 18.9 Å². The number of anilines is 1. The molecule has 2 atom stereocenters. The summed E-state index contributed by atoms with van der Waals surface area (Å²) in [5.74, 6) is -1.07. The van der Waals surface area contributed by atoms with E-state index in [1.54, 1.807) is 0 Å². The number of hydrogen-bond acceptors (Lipinski definition) is 5. The number of thioether (sulfide) groups is 1. The van der Waals surface area contributed by atoms with E-state index in [2.05, 4.69) is 58.8 Å². The van der Waals surface area contributed by atoms with E-state index >= 15 is 0 Å². The lowest BCUT2D eigenvalue weighted by atomic mass is 9.97. The second-order valence-electron chi connectivity index (χ2n) is 8.99. The van der Waals surface area contributed by atoms with Gasteiger partial charge >= 0.3 is 0 Å². The summed E-state index contributed by atoms with van der Waals surface area (Å²) in [6.45, 7) is 4.09. The monoisotopic (exact) mass is 500 g/mol. The summed E-state index contributed by atoms with van der Waals surface area (Å²) < 4.78 is 13.1. The topological polar surface area (TPSA) is 74.1 Å². The fourth-order valence-corrected chi connectivity index (χ4v) is 5.23. The second kappa shape index (κ2) is 10.1. The molecule has 3 aromatic carbocycles. The average Bonchev–Trinajstić information content (AvgIpc) is 3.45. The molecule has 0 unspecified atom stereocenters. The summed E-state index contributed by atoms with van der Waals surface area (Å²) in [5, 5.41) is 9.27. The van der Waals surface area contributed by atoms with Crippen LogP contribution in [0.3, 0.4) is 0 Å². The number of carbonyl (C=O) groups is 2. The van der Waals surface area contributed by atoms with Crippen molar-refractivity contribution in [2.75, 3.05) is 5.32 Å². The number of amidine groups is 1. The molecule has 0 spiro atoms. The molecule has 182 valence electrons. The zero-order valence-corrected chi connectivity index (χ0v) is 20.8. The highest BCUT2D eigenvalue weighted by molar-refractivity contribution is 8.15. The summed E-state index contributed by atoms with van der Waals surface area (Å²) in [6.07, 6.45) is 0.640. The van der Waals surface area contributed by atoms with Gasteiger partial charge < -0.3 is 5.32 Å². The minimum atomic E-state index is -0.641. The molecule has 8 heteroatoms. The molecule has 0 radical (unpaired) electrons. The van der Waals surface area contributed by atoms with E-state index in [1.165, 1.54) is 41.6 Å². The molecule has 5 rings (SSSR count). The number of hydrogen-bond donors (Lipinski definition) is 1. The van der Waals surface area contributed by atoms with Crippen molar-refractivity contribution in [1.82, 2.24) is 5.01 Å². The van der Waals surface area contributed by atoms with Gasteiger partial charge in [0, 0.05) is 18.5 Å². The fourth-order valence-electron chi connectivity index (χ4n) is 4.17. The van der Waals surface area contributed by atoms with E-state index < -0.39 is 5.25 Å². The minimum absolute atomic E-state index is 0.0363. The third kappa shape index (κ3) is 5.23. The van der Waals surface area contributed by atoms with Crippen molar-refractivity contribution in [1.29, 1.82) is 0 Å². The predicted octanol–water partition coefficient (Wildman–Crippen LogP) is 5.62. The summed E-state index contributed by atoms with van der Waals surface area (Å²) in [5.41, 5.74) is 5.86. The predicted molar refractivity (Wildman–Crippen MR) is 142 cm³/mol. The van der Waals surface area contributed by atoms with E-state index in [4.69, 9.17) is 5.10 Å². The van der Waals surface area contributed by atoms with Crippen LogP contribution in [0.2, 0.25) is 0 Å². The van der Waals surface area contributed by atoms with Crippen molar-refractivity contribution in [2.24, 2.45) is 10.1 Å². The zero-order valence-electron chi connectivity index (χ0n) is 19.9. The molecule has 0 fully saturated rings. The van der Waals surface area contributed by atoms with Crippen molar-refractivity contribution >= 4 is 40.1 Å². The Labute approximate surface area is 213 Å². The lowest BCUT2D eigenvalue weighted by molar-refractivity contribution is -0.121. The Morgan fingerprint density at radius 1 is 1.00 bits per heavy atom. The van der Waals surface area contributed by atoms with Gasteiger partial charge in [-0.25, -0.2) is 9.40 Å². The summed E-state index contributed by atoms with van der Waals surface area (Å²) >= 11 is 1.26. The zero-order chi connectivity index (χ0) is 25.2. The van der Waals surface area contributed by atoms with E-state index in [0.29, 0.717) is 17.3 Å². The van der Waals surface area contributed by atoms with Crippen LogP contribution < -0.4 is 5.32 Å². The first-order valence-corrected chi connectivity index (χ1v) is 12.6. The summed E-state index contributed by atoms with van der Waals surface area (Å²) in [4.78, 5) is 29.6. The van der Waals surface area contributed by atoms with E-state index in [-0.39, 0.29) is 30.1 Å². The normalized spacial score (nSPS) is 19.3. The number of nitrogens with zero attached hydrogens (tertiary/aromatic N) is 3. The molecule has 2 heterocycles. The van der Waals surface area contributed by atoms with Gasteiger partial charge in [-0.05, 0) is 49.2 Å². The standard InChI is InChI=1S/C28H25FN4O2S/c1-17-3-7-19(8-4-17)23-15-24(20-9-5-18(2)6-10-20)33(32-23)28-31-27(35)25(36-28)16-26(34)30-22-13-11-21(29)12-14-22/h3-14,24-25H,15-16H2,1-2H3,(H,30,34)/t24-,25+/m1/s1. The van der Waals surface area contributed by atoms with Gasteiger partial charge in [-0.15, -0.1) is 0 Å². The van der Waals surface area contributed by atoms with E-state index in [0.717, 1.165) is 22.4 Å². The third-order valence-electron chi connectivity index (χ3n) is 6.18. The molecular formula is C28H25FN4O2S. The molecule has 2 aliphatic heterocycles. The van der Waals surface area contributed by atoms with Gasteiger partial charge in [0.25, 0.3) is 5.91 Å². The van der Waals surface area contributed by atoms with Gasteiger partial charge in [-0.1, -0.05) is 71.4 Å².